The predicted molar refractivity (Wildman–Crippen MR) is 42.2 cm³/mol. The molecule has 0 aliphatic rings. The van der Waals surface area contributed by atoms with Crippen molar-refractivity contribution in [3.05, 3.63) is 12.2 Å². The first kappa shape index (κ1) is 9.95. The molecule has 2 atom stereocenters. The molecule has 0 bridgehead atoms. The van der Waals surface area contributed by atoms with Gasteiger partial charge in [-0.2, -0.15) is 0 Å². The first-order valence-electron chi connectivity index (χ1n) is 3.17. The molecule has 0 aliphatic carbocycles. The SMILES string of the molecule is C=C(CCl)C(O)CC(C)O. The maximum absolute atomic E-state index is 9.14. The Kier molecular flexibility index (Phi) is 4.69. The number of aliphatic hydroxyl groups is 2. The van der Waals surface area contributed by atoms with Crippen LogP contribution in [0.4, 0.5) is 0 Å². The van der Waals surface area contributed by atoms with Crippen molar-refractivity contribution in [1.29, 1.82) is 0 Å². The zero-order chi connectivity index (χ0) is 8.15. The molecule has 3 heteroatoms. The molecule has 2 unspecified atom stereocenters. The van der Waals surface area contributed by atoms with Crippen molar-refractivity contribution in [2.45, 2.75) is 25.6 Å². The fraction of sp³-hybridized carbons (Fsp3) is 0.714. The van der Waals surface area contributed by atoms with Crippen LogP contribution in [0.15, 0.2) is 12.2 Å². The van der Waals surface area contributed by atoms with Crippen LogP contribution in [-0.2, 0) is 0 Å². The van der Waals surface area contributed by atoms with Crippen LogP contribution in [0.2, 0.25) is 0 Å². The van der Waals surface area contributed by atoms with Gasteiger partial charge in [0.1, 0.15) is 0 Å². The van der Waals surface area contributed by atoms with Gasteiger partial charge in [-0.05, 0) is 12.5 Å². The van der Waals surface area contributed by atoms with Crippen molar-refractivity contribution >= 4 is 11.6 Å². The van der Waals surface area contributed by atoms with Gasteiger partial charge in [0.15, 0.2) is 0 Å². The fourth-order valence-corrected chi connectivity index (χ4v) is 0.757. The number of hydrogen-bond donors (Lipinski definition) is 2. The van der Waals surface area contributed by atoms with E-state index < -0.39 is 12.2 Å². The highest BCUT2D eigenvalue weighted by molar-refractivity contribution is 6.19. The highest BCUT2D eigenvalue weighted by Gasteiger charge is 2.09. The number of aliphatic hydroxyl groups excluding tert-OH is 2. The maximum Gasteiger partial charge on any atom is 0.0783 e. The van der Waals surface area contributed by atoms with Crippen LogP contribution in [-0.4, -0.2) is 28.3 Å². The van der Waals surface area contributed by atoms with E-state index in [1.54, 1.807) is 6.92 Å². The lowest BCUT2D eigenvalue weighted by molar-refractivity contribution is 0.111. The van der Waals surface area contributed by atoms with Crippen LogP contribution >= 0.6 is 11.6 Å². The predicted octanol–water partition coefficient (Wildman–Crippen LogP) is 0.913. The second-order valence-corrected chi connectivity index (χ2v) is 2.66. The molecule has 0 radical (unpaired) electrons. The largest absolute Gasteiger partial charge is 0.393 e. The van der Waals surface area contributed by atoms with Crippen molar-refractivity contribution in [1.82, 2.24) is 0 Å². The van der Waals surface area contributed by atoms with E-state index in [-0.39, 0.29) is 5.88 Å². The Hall–Kier alpha value is -0.0500. The number of rotatable bonds is 4. The van der Waals surface area contributed by atoms with Gasteiger partial charge in [-0.15, -0.1) is 11.6 Å². The number of hydrogen-bond acceptors (Lipinski definition) is 2. The summed E-state index contributed by atoms with van der Waals surface area (Å²) in [5.74, 6) is 0.244. The zero-order valence-corrected chi connectivity index (χ0v) is 6.80. The Labute approximate surface area is 66.1 Å². The molecule has 0 saturated carbocycles. The molecule has 0 aromatic heterocycles. The highest BCUT2D eigenvalue weighted by Crippen LogP contribution is 2.07. The minimum atomic E-state index is -0.669. The Bertz CT molecular complexity index is 112. The monoisotopic (exact) mass is 164 g/mol. The summed E-state index contributed by atoms with van der Waals surface area (Å²) in [7, 11) is 0. The third kappa shape index (κ3) is 3.88. The molecule has 0 aromatic rings. The molecule has 0 spiro atoms. The van der Waals surface area contributed by atoms with E-state index in [2.05, 4.69) is 6.58 Å². The molecule has 60 valence electrons. The van der Waals surface area contributed by atoms with E-state index in [4.69, 9.17) is 21.8 Å². The topological polar surface area (TPSA) is 40.5 Å². The molecule has 0 fully saturated rings. The van der Waals surface area contributed by atoms with E-state index in [1.807, 2.05) is 0 Å². The maximum atomic E-state index is 9.14. The van der Waals surface area contributed by atoms with E-state index in [9.17, 15) is 0 Å². The Morgan fingerprint density at radius 2 is 2.10 bits per heavy atom. The zero-order valence-electron chi connectivity index (χ0n) is 6.05. The first-order chi connectivity index (χ1) is 4.57. The molecular formula is C7H13ClO2. The van der Waals surface area contributed by atoms with Gasteiger partial charge in [-0.1, -0.05) is 6.58 Å². The normalized spacial score (nSPS) is 16.4. The van der Waals surface area contributed by atoms with Gasteiger partial charge in [0, 0.05) is 12.3 Å². The summed E-state index contributed by atoms with van der Waals surface area (Å²) >= 11 is 5.39. The third-order valence-electron chi connectivity index (χ3n) is 1.21. The molecular weight excluding hydrogens is 152 g/mol. The standard InChI is InChI=1S/C7H13ClO2/c1-5(4-8)7(10)3-6(2)9/h6-7,9-10H,1,3-4H2,2H3. The summed E-state index contributed by atoms with van der Waals surface area (Å²) in [4.78, 5) is 0. The molecule has 0 aliphatic heterocycles. The number of halogens is 1. The van der Waals surface area contributed by atoms with Crippen molar-refractivity contribution in [3.8, 4) is 0 Å². The molecule has 2 nitrogen and oxygen atoms in total. The molecule has 0 rings (SSSR count). The molecule has 0 saturated heterocycles. The Morgan fingerprint density at radius 1 is 1.60 bits per heavy atom. The van der Waals surface area contributed by atoms with Crippen LogP contribution in [0, 0.1) is 0 Å². The van der Waals surface area contributed by atoms with Crippen molar-refractivity contribution < 1.29 is 10.2 Å². The van der Waals surface area contributed by atoms with Crippen LogP contribution in [0.3, 0.4) is 0 Å². The van der Waals surface area contributed by atoms with E-state index in [0.717, 1.165) is 0 Å². The Balaban J connectivity index is 3.61. The van der Waals surface area contributed by atoms with Crippen LogP contribution in [0.5, 0.6) is 0 Å². The van der Waals surface area contributed by atoms with Gasteiger partial charge >= 0.3 is 0 Å². The Morgan fingerprint density at radius 3 is 2.40 bits per heavy atom. The summed E-state index contributed by atoms with van der Waals surface area (Å²) in [6.07, 6.45) is -0.863. The summed E-state index contributed by atoms with van der Waals surface area (Å²) in [5.41, 5.74) is 0.558. The summed E-state index contributed by atoms with van der Waals surface area (Å²) in [6, 6.07) is 0. The van der Waals surface area contributed by atoms with Gasteiger partial charge in [-0.3, -0.25) is 0 Å². The van der Waals surface area contributed by atoms with Crippen molar-refractivity contribution in [2.24, 2.45) is 0 Å². The average Bonchev–Trinajstić information content (AvgIpc) is 1.85. The van der Waals surface area contributed by atoms with E-state index in [1.165, 1.54) is 0 Å². The number of alkyl halides is 1. The van der Waals surface area contributed by atoms with Crippen molar-refractivity contribution in [3.63, 3.8) is 0 Å². The van der Waals surface area contributed by atoms with E-state index >= 15 is 0 Å². The van der Waals surface area contributed by atoms with Crippen molar-refractivity contribution in [2.75, 3.05) is 5.88 Å². The minimum absolute atomic E-state index is 0.244. The summed E-state index contributed by atoms with van der Waals surface area (Å²) in [5, 5.41) is 18.0. The third-order valence-corrected chi connectivity index (χ3v) is 1.55. The molecule has 10 heavy (non-hydrogen) atoms. The van der Waals surface area contributed by atoms with Gasteiger partial charge in [-0.25, -0.2) is 0 Å². The first-order valence-corrected chi connectivity index (χ1v) is 3.71. The lowest BCUT2D eigenvalue weighted by Crippen LogP contribution is -2.17. The lowest BCUT2D eigenvalue weighted by atomic mass is 10.1. The van der Waals surface area contributed by atoms with Crippen LogP contribution in [0.25, 0.3) is 0 Å². The van der Waals surface area contributed by atoms with Gasteiger partial charge in [0.2, 0.25) is 0 Å². The van der Waals surface area contributed by atoms with Crippen LogP contribution < -0.4 is 0 Å². The fourth-order valence-electron chi connectivity index (χ4n) is 0.579. The summed E-state index contributed by atoms with van der Waals surface area (Å²) in [6.45, 7) is 5.15. The van der Waals surface area contributed by atoms with Crippen LogP contribution in [0.1, 0.15) is 13.3 Å². The van der Waals surface area contributed by atoms with E-state index in [0.29, 0.717) is 12.0 Å². The quantitative estimate of drug-likeness (QED) is 0.479. The molecule has 0 heterocycles. The lowest BCUT2D eigenvalue weighted by Gasteiger charge is -2.12. The molecule has 0 amide bonds. The molecule has 2 N–H and O–H groups in total. The second-order valence-electron chi connectivity index (χ2n) is 2.39. The van der Waals surface area contributed by atoms with Gasteiger partial charge in [0.25, 0.3) is 0 Å². The van der Waals surface area contributed by atoms with Gasteiger partial charge < -0.3 is 10.2 Å². The highest BCUT2D eigenvalue weighted by atomic mass is 35.5. The minimum Gasteiger partial charge on any atom is -0.393 e. The average molecular weight is 165 g/mol. The second kappa shape index (κ2) is 4.72. The summed E-state index contributed by atoms with van der Waals surface area (Å²) < 4.78 is 0. The smallest absolute Gasteiger partial charge is 0.0783 e. The van der Waals surface area contributed by atoms with Gasteiger partial charge in [0.05, 0.1) is 12.2 Å². The molecule has 0 aromatic carbocycles.